The molecule has 2 aromatic carbocycles. The summed E-state index contributed by atoms with van der Waals surface area (Å²) >= 11 is 6.21. The average Bonchev–Trinajstić information content (AvgIpc) is 2.79. The van der Waals surface area contributed by atoms with Crippen LogP contribution in [0.25, 0.3) is 0 Å². The van der Waals surface area contributed by atoms with Crippen LogP contribution in [0.15, 0.2) is 47.6 Å². The molecular weight excluding hydrogens is 422 g/mol. The van der Waals surface area contributed by atoms with Crippen molar-refractivity contribution in [3.05, 3.63) is 64.2 Å². The largest absolute Gasteiger partial charge is 0.341 e. The number of aromatic nitrogens is 3. The van der Waals surface area contributed by atoms with Crippen molar-refractivity contribution in [1.29, 1.82) is 0 Å². The molecule has 1 saturated heterocycles. The number of nitrogens with zero attached hydrogens (tertiary/aromatic N) is 5. The maximum Gasteiger partial charge on any atom is 0.250 e. The summed E-state index contributed by atoms with van der Waals surface area (Å²) in [6.45, 7) is 8.31. The quantitative estimate of drug-likeness (QED) is 0.378. The maximum absolute atomic E-state index is 6.21. The van der Waals surface area contributed by atoms with Gasteiger partial charge in [-0.1, -0.05) is 48.9 Å². The summed E-state index contributed by atoms with van der Waals surface area (Å²) in [6.07, 6.45) is 3.91. The maximum atomic E-state index is 6.21. The van der Waals surface area contributed by atoms with Gasteiger partial charge >= 0.3 is 0 Å². The lowest BCUT2D eigenvalue weighted by atomic mass is 10.00. The lowest BCUT2D eigenvalue weighted by molar-refractivity contribution is 0.434. The van der Waals surface area contributed by atoms with Crippen LogP contribution in [0.5, 0.6) is 0 Å². The second-order valence-electron chi connectivity index (χ2n) is 8.22. The molecule has 7 nitrogen and oxygen atoms in total. The van der Waals surface area contributed by atoms with Crippen LogP contribution in [0.4, 0.5) is 23.5 Å². The van der Waals surface area contributed by atoms with Crippen LogP contribution in [0.1, 0.15) is 36.5 Å². The molecule has 4 rings (SSSR count). The number of hydrogen-bond acceptors (Lipinski definition) is 7. The van der Waals surface area contributed by atoms with Gasteiger partial charge in [-0.3, -0.25) is 0 Å². The van der Waals surface area contributed by atoms with Crippen molar-refractivity contribution in [2.75, 3.05) is 28.7 Å². The summed E-state index contributed by atoms with van der Waals surface area (Å²) < 4.78 is 0. The average molecular weight is 450 g/mol. The van der Waals surface area contributed by atoms with E-state index in [4.69, 9.17) is 16.6 Å². The fourth-order valence-corrected chi connectivity index (χ4v) is 3.75. The van der Waals surface area contributed by atoms with Crippen molar-refractivity contribution in [3.63, 3.8) is 0 Å². The molecule has 32 heavy (non-hydrogen) atoms. The number of hydrazone groups is 1. The van der Waals surface area contributed by atoms with E-state index in [1.165, 1.54) is 5.56 Å². The molecule has 8 heteroatoms. The van der Waals surface area contributed by atoms with Gasteiger partial charge in [0.1, 0.15) is 0 Å². The monoisotopic (exact) mass is 449 g/mol. The van der Waals surface area contributed by atoms with Crippen LogP contribution in [0.3, 0.4) is 0 Å². The first-order chi connectivity index (χ1) is 15.5. The van der Waals surface area contributed by atoms with Gasteiger partial charge in [-0.2, -0.15) is 20.1 Å². The SMILES string of the molecule is Cc1cccc(Nc2nc(N/N=C/c3ccccc3Cl)nc(N3CCC(C)CC3)n2)c1C. The summed E-state index contributed by atoms with van der Waals surface area (Å²) in [5, 5.41) is 8.28. The minimum Gasteiger partial charge on any atom is -0.341 e. The topological polar surface area (TPSA) is 78.3 Å². The Morgan fingerprint density at radius 2 is 1.75 bits per heavy atom. The number of rotatable bonds is 6. The predicted octanol–water partition coefficient (Wildman–Crippen LogP) is 5.57. The highest BCUT2D eigenvalue weighted by atomic mass is 35.5. The third-order valence-electron chi connectivity index (χ3n) is 5.81. The highest BCUT2D eigenvalue weighted by Crippen LogP contribution is 2.25. The van der Waals surface area contributed by atoms with Gasteiger partial charge in [0.15, 0.2) is 0 Å². The Morgan fingerprint density at radius 1 is 1.00 bits per heavy atom. The number of anilines is 4. The molecular formula is C24H28ClN7. The van der Waals surface area contributed by atoms with Crippen LogP contribution >= 0.6 is 11.6 Å². The zero-order valence-corrected chi connectivity index (χ0v) is 19.4. The number of piperidine rings is 1. The minimum absolute atomic E-state index is 0.379. The smallest absolute Gasteiger partial charge is 0.250 e. The molecule has 0 unspecified atom stereocenters. The van der Waals surface area contributed by atoms with Crippen molar-refractivity contribution in [3.8, 4) is 0 Å². The molecule has 0 atom stereocenters. The second kappa shape index (κ2) is 9.96. The van der Waals surface area contributed by atoms with E-state index in [-0.39, 0.29) is 0 Å². The van der Waals surface area contributed by atoms with Crippen molar-refractivity contribution >= 4 is 41.3 Å². The van der Waals surface area contributed by atoms with Crippen molar-refractivity contribution in [2.24, 2.45) is 11.0 Å². The van der Waals surface area contributed by atoms with Gasteiger partial charge in [0, 0.05) is 29.4 Å². The zero-order chi connectivity index (χ0) is 22.5. The van der Waals surface area contributed by atoms with E-state index in [1.807, 2.05) is 36.4 Å². The number of aryl methyl sites for hydroxylation is 1. The Balaban J connectivity index is 1.61. The first kappa shape index (κ1) is 22.0. The summed E-state index contributed by atoms with van der Waals surface area (Å²) in [4.78, 5) is 16.1. The van der Waals surface area contributed by atoms with Crippen LogP contribution in [-0.2, 0) is 0 Å². The highest BCUT2D eigenvalue weighted by molar-refractivity contribution is 6.33. The molecule has 0 spiro atoms. The zero-order valence-electron chi connectivity index (χ0n) is 18.6. The van der Waals surface area contributed by atoms with Gasteiger partial charge in [0.25, 0.3) is 0 Å². The van der Waals surface area contributed by atoms with Crippen molar-refractivity contribution < 1.29 is 0 Å². The molecule has 1 aliphatic rings. The number of nitrogens with one attached hydrogen (secondary N) is 2. The third kappa shape index (κ3) is 5.34. The van der Waals surface area contributed by atoms with Gasteiger partial charge < -0.3 is 10.2 Å². The van der Waals surface area contributed by atoms with E-state index in [2.05, 4.69) is 57.5 Å². The predicted molar refractivity (Wildman–Crippen MR) is 132 cm³/mol. The van der Waals surface area contributed by atoms with Gasteiger partial charge in [-0.15, -0.1) is 0 Å². The minimum atomic E-state index is 0.379. The van der Waals surface area contributed by atoms with E-state index in [0.29, 0.717) is 22.9 Å². The van der Waals surface area contributed by atoms with Gasteiger partial charge in [-0.05, 0) is 55.9 Å². The molecule has 1 fully saturated rings. The second-order valence-corrected chi connectivity index (χ2v) is 8.62. The lowest BCUT2D eigenvalue weighted by Crippen LogP contribution is -2.34. The molecule has 2 N–H and O–H groups in total. The molecule has 0 aliphatic carbocycles. The van der Waals surface area contributed by atoms with Gasteiger partial charge in [-0.25, -0.2) is 5.43 Å². The third-order valence-corrected chi connectivity index (χ3v) is 6.16. The van der Waals surface area contributed by atoms with Gasteiger partial charge in [0.05, 0.1) is 6.21 Å². The van der Waals surface area contributed by atoms with Crippen LogP contribution in [0.2, 0.25) is 5.02 Å². The summed E-state index contributed by atoms with van der Waals surface area (Å²) in [5.74, 6) is 2.23. The molecule has 1 aliphatic heterocycles. The Morgan fingerprint density at radius 3 is 2.53 bits per heavy atom. The molecule has 166 valence electrons. The first-order valence-electron chi connectivity index (χ1n) is 10.9. The van der Waals surface area contributed by atoms with E-state index >= 15 is 0 Å². The number of halogens is 1. The van der Waals surface area contributed by atoms with Crippen molar-refractivity contribution in [1.82, 2.24) is 15.0 Å². The summed E-state index contributed by atoms with van der Waals surface area (Å²) in [5.41, 5.74) is 7.09. The number of hydrogen-bond donors (Lipinski definition) is 2. The van der Waals surface area contributed by atoms with Crippen LogP contribution < -0.4 is 15.6 Å². The fraction of sp³-hybridized carbons (Fsp3) is 0.333. The molecule has 3 aromatic rings. The summed E-state index contributed by atoms with van der Waals surface area (Å²) in [7, 11) is 0. The van der Waals surface area contributed by atoms with Gasteiger partial charge in [0.2, 0.25) is 17.8 Å². The van der Waals surface area contributed by atoms with Crippen LogP contribution in [0, 0.1) is 19.8 Å². The van der Waals surface area contributed by atoms with E-state index in [9.17, 15) is 0 Å². The first-order valence-corrected chi connectivity index (χ1v) is 11.3. The molecule has 1 aromatic heterocycles. The summed E-state index contributed by atoms with van der Waals surface area (Å²) in [6, 6.07) is 13.7. The van der Waals surface area contributed by atoms with E-state index < -0.39 is 0 Å². The number of benzene rings is 2. The lowest BCUT2D eigenvalue weighted by Gasteiger charge is -2.30. The molecule has 2 heterocycles. The van der Waals surface area contributed by atoms with Crippen molar-refractivity contribution in [2.45, 2.75) is 33.6 Å². The Bertz CT molecular complexity index is 1110. The molecule has 0 amide bonds. The van der Waals surface area contributed by atoms with Crippen LogP contribution in [-0.4, -0.2) is 34.3 Å². The normalized spacial score (nSPS) is 14.7. The Kier molecular flexibility index (Phi) is 6.85. The van der Waals surface area contributed by atoms with E-state index in [1.54, 1.807) is 6.21 Å². The Labute approximate surface area is 194 Å². The Hall–Kier alpha value is -3.19. The highest BCUT2D eigenvalue weighted by Gasteiger charge is 2.20. The molecule has 0 radical (unpaired) electrons. The molecule has 0 saturated carbocycles. The fourth-order valence-electron chi connectivity index (χ4n) is 3.57. The van der Waals surface area contributed by atoms with E-state index in [0.717, 1.165) is 48.7 Å². The standard InChI is InChI=1S/C24H28ClN7/c1-16-11-13-32(14-12-16)24-29-22(27-21-10-6-7-17(2)18(21)3)28-23(30-24)31-26-15-19-8-4-5-9-20(19)25/h4-10,15-16H,11-14H2,1-3H3,(H2,27,28,29,30,31)/b26-15+. The molecule has 0 bridgehead atoms.